The van der Waals surface area contributed by atoms with Crippen molar-refractivity contribution in [2.24, 2.45) is 0 Å². The first kappa shape index (κ1) is 14.0. The van der Waals surface area contributed by atoms with Gasteiger partial charge < -0.3 is 9.84 Å². The van der Waals surface area contributed by atoms with Gasteiger partial charge in [-0.05, 0) is 59.1 Å². The number of aliphatic hydroxyl groups is 1. The van der Waals surface area contributed by atoms with Crippen LogP contribution in [0.3, 0.4) is 0 Å². The van der Waals surface area contributed by atoms with Crippen molar-refractivity contribution < 1.29 is 9.84 Å². The summed E-state index contributed by atoms with van der Waals surface area (Å²) >= 11 is 3.33. The second kappa shape index (κ2) is 5.72. The van der Waals surface area contributed by atoms with Gasteiger partial charge in [0.05, 0.1) is 12.8 Å². The van der Waals surface area contributed by atoms with Gasteiger partial charge in [-0.25, -0.2) is 0 Å². The Labute approximate surface area is 121 Å². The molecule has 1 N–H and O–H groups in total. The maximum atomic E-state index is 10.5. The summed E-state index contributed by atoms with van der Waals surface area (Å²) in [4.78, 5) is 4.24. The minimum Gasteiger partial charge on any atom is -0.496 e. The number of halogens is 1. The molecule has 0 amide bonds. The molecule has 1 aromatic heterocycles. The summed E-state index contributed by atoms with van der Waals surface area (Å²) in [5.74, 6) is 0.690. The van der Waals surface area contributed by atoms with Crippen LogP contribution in [0.1, 0.15) is 28.5 Å². The Hall–Kier alpha value is -1.39. The third-order valence-electron chi connectivity index (χ3n) is 3.02. The Balaban J connectivity index is 2.49. The number of ether oxygens (including phenoxy) is 1. The summed E-state index contributed by atoms with van der Waals surface area (Å²) < 4.78 is 6.26. The molecule has 0 saturated heterocycles. The Morgan fingerprint density at radius 3 is 2.58 bits per heavy atom. The molecule has 0 fully saturated rings. The standard InChI is InChI=1S/C15H16BrNO2/c1-9-6-10(2)14(13(7-9)19-3)15(18)12-5-4-11(16)8-17-12/h4-8,15,18H,1-3H3. The largest absolute Gasteiger partial charge is 0.496 e. The molecule has 1 aromatic carbocycles. The molecule has 2 rings (SSSR count). The van der Waals surface area contributed by atoms with Crippen molar-refractivity contribution in [2.45, 2.75) is 20.0 Å². The topological polar surface area (TPSA) is 42.4 Å². The van der Waals surface area contributed by atoms with Crippen LogP contribution in [0.15, 0.2) is 34.9 Å². The number of methoxy groups -OCH3 is 1. The Morgan fingerprint density at radius 2 is 2.00 bits per heavy atom. The lowest BCUT2D eigenvalue weighted by Crippen LogP contribution is -2.07. The third kappa shape index (κ3) is 2.96. The van der Waals surface area contributed by atoms with Crippen molar-refractivity contribution >= 4 is 15.9 Å². The lowest BCUT2D eigenvalue weighted by molar-refractivity contribution is 0.209. The molecule has 4 heteroatoms. The number of aromatic nitrogens is 1. The van der Waals surface area contributed by atoms with Crippen molar-refractivity contribution in [3.05, 3.63) is 57.3 Å². The molecule has 2 aromatic rings. The molecule has 1 unspecified atom stereocenters. The summed E-state index contributed by atoms with van der Waals surface area (Å²) in [6.07, 6.45) is 0.887. The lowest BCUT2D eigenvalue weighted by Gasteiger charge is -2.18. The van der Waals surface area contributed by atoms with E-state index in [1.54, 1.807) is 19.4 Å². The second-order valence-electron chi connectivity index (χ2n) is 4.50. The maximum Gasteiger partial charge on any atom is 0.125 e. The molecular weight excluding hydrogens is 306 g/mol. The van der Waals surface area contributed by atoms with Gasteiger partial charge in [-0.3, -0.25) is 4.98 Å². The zero-order chi connectivity index (χ0) is 14.0. The van der Waals surface area contributed by atoms with Gasteiger partial charge in [-0.15, -0.1) is 0 Å². The van der Waals surface area contributed by atoms with Crippen LogP contribution in [0.4, 0.5) is 0 Å². The first-order valence-electron chi connectivity index (χ1n) is 5.97. The fraction of sp³-hybridized carbons (Fsp3) is 0.267. The summed E-state index contributed by atoms with van der Waals surface area (Å²) in [5.41, 5.74) is 3.47. The van der Waals surface area contributed by atoms with Crippen molar-refractivity contribution in [1.82, 2.24) is 4.98 Å². The fourth-order valence-corrected chi connectivity index (χ4v) is 2.39. The average Bonchev–Trinajstić information content (AvgIpc) is 2.38. The fourth-order valence-electron chi connectivity index (χ4n) is 2.16. The number of rotatable bonds is 3. The molecule has 0 aliphatic rings. The van der Waals surface area contributed by atoms with E-state index in [0.717, 1.165) is 21.2 Å². The van der Waals surface area contributed by atoms with Crippen LogP contribution in [-0.4, -0.2) is 17.2 Å². The number of aliphatic hydroxyl groups excluding tert-OH is 1. The van der Waals surface area contributed by atoms with E-state index in [0.29, 0.717) is 11.4 Å². The van der Waals surface area contributed by atoms with Gasteiger partial charge in [-0.2, -0.15) is 0 Å². The van der Waals surface area contributed by atoms with Crippen molar-refractivity contribution in [3.8, 4) is 5.75 Å². The molecule has 1 atom stereocenters. The molecule has 100 valence electrons. The molecule has 0 aliphatic heterocycles. The van der Waals surface area contributed by atoms with Gasteiger partial charge in [0.15, 0.2) is 0 Å². The van der Waals surface area contributed by atoms with Crippen LogP contribution in [0.25, 0.3) is 0 Å². The Bertz CT molecular complexity index is 581. The van der Waals surface area contributed by atoms with E-state index in [1.165, 1.54) is 0 Å². The minimum absolute atomic E-state index is 0.605. The molecule has 0 radical (unpaired) electrons. The highest BCUT2D eigenvalue weighted by molar-refractivity contribution is 9.10. The number of nitrogens with zero attached hydrogens (tertiary/aromatic N) is 1. The molecule has 19 heavy (non-hydrogen) atoms. The van der Waals surface area contributed by atoms with Gasteiger partial charge in [0, 0.05) is 16.2 Å². The predicted molar refractivity (Wildman–Crippen MR) is 78.5 cm³/mol. The Morgan fingerprint density at radius 1 is 1.26 bits per heavy atom. The summed E-state index contributed by atoms with van der Waals surface area (Å²) in [7, 11) is 1.61. The van der Waals surface area contributed by atoms with E-state index in [-0.39, 0.29) is 0 Å². The molecule has 0 aliphatic carbocycles. The third-order valence-corrected chi connectivity index (χ3v) is 3.49. The van der Waals surface area contributed by atoms with Crippen molar-refractivity contribution in [1.29, 1.82) is 0 Å². The summed E-state index contributed by atoms with van der Waals surface area (Å²) in [6, 6.07) is 7.61. The molecule has 3 nitrogen and oxygen atoms in total. The van der Waals surface area contributed by atoms with Gasteiger partial charge in [0.1, 0.15) is 11.9 Å². The van der Waals surface area contributed by atoms with Crippen LogP contribution in [0, 0.1) is 13.8 Å². The number of pyridine rings is 1. The minimum atomic E-state index is -0.788. The smallest absolute Gasteiger partial charge is 0.125 e. The quantitative estimate of drug-likeness (QED) is 0.940. The number of hydrogen-bond donors (Lipinski definition) is 1. The number of benzene rings is 1. The first-order valence-corrected chi connectivity index (χ1v) is 6.77. The Kier molecular flexibility index (Phi) is 4.22. The van der Waals surface area contributed by atoms with Crippen LogP contribution in [0.5, 0.6) is 5.75 Å². The van der Waals surface area contributed by atoms with E-state index in [4.69, 9.17) is 4.74 Å². The zero-order valence-corrected chi connectivity index (χ0v) is 12.7. The zero-order valence-electron chi connectivity index (χ0n) is 11.1. The molecule has 0 saturated carbocycles. The lowest BCUT2D eigenvalue weighted by atomic mass is 9.97. The van der Waals surface area contributed by atoms with Crippen LogP contribution in [-0.2, 0) is 0 Å². The normalized spacial score (nSPS) is 12.3. The SMILES string of the molecule is COc1cc(C)cc(C)c1C(O)c1ccc(Br)cn1. The van der Waals surface area contributed by atoms with E-state index < -0.39 is 6.10 Å². The predicted octanol–water partition coefficient (Wildman–Crippen LogP) is 3.55. The molecule has 1 heterocycles. The summed E-state index contributed by atoms with van der Waals surface area (Å²) in [5, 5.41) is 10.5. The van der Waals surface area contributed by atoms with E-state index >= 15 is 0 Å². The number of hydrogen-bond acceptors (Lipinski definition) is 3. The van der Waals surface area contributed by atoms with Crippen LogP contribution >= 0.6 is 15.9 Å². The molecule has 0 bridgehead atoms. The van der Waals surface area contributed by atoms with Gasteiger partial charge >= 0.3 is 0 Å². The van der Waals surface area contributed by atoms with Crippen LogP contribution in [0.2, 0.25) is 0 Å². The highest BCUT2D eigenvalue weighted by atomic mass is 79.9. The number of aryl methyl sites for hydroxylation is 2. The molecule has 0 spiro atoms. The van der Waals surface area contributed by atoms with Gasteiger partial charge in [0.25, 0.3) is 0 Å². The van der Waals surface area contributed by atoms with Gasteiger partial charge in [-0.1, -0.05) is 6.07 Å². The molecular formula is C15H16BrNO2. The highest BCUT2D eigenvalue weighted by Gasteiger charge is 2.19. The van der Waals surface area contributed by atoms with E-state index in [9.17, 15) is 5.11 Å². The first-order chi connectivity index (χ1) is 9.02. The second-order valence-corrected chi connectivity index (χ2v) is 5.42. The van der Waals surface area contributed by atoms with Crippen LogP contribution < -0.4 is 4.74 Å². The van der Waals surface area contributed by atoms with Crippen molar-refractivity contribution in [2.75, 3.05) is 7.11 Å². The van der Waals surface area contributed by atoms with Crippen molar-refractivity contribution in [3.63, 3.8) is 0 Å². The maximum absolute atomic E-state index is 10.5. The highest BCUT2D eigenvalue weighted by Crippen LogP contribution is 2.33. The van der Waals surface area contributed by atoms with E-state index in [2.05, 4.69) is 20.9 Å². The monoisotopic (exact) mass is 321 g/mol. The van der Waals surface area contributed by atoms with Gasteiger partial charge in [0.2, 0.25) is 0 Å². The summed E-state index contributed by atoms with van der Waals surface area (Å²) in [6.45, 7) is 3.97. The van der Waals surface area contributed by atoms with E-state index in [1.807, 2.05) is 32.0 Å². The average molecular weight is 322 g/mol.